The summed E-state index contributed by atoms with van der Waals surface area (Å²) in [5.41, 5.74) is 0.992. The van der Waals surface area contributed by atoms with Crippen molar-refractivity contribution in [2.75, 3.05) is 26.0 Å². The zero-order valence-electron chi connectivity index (χ0n) is 13.2. The molecule has 2 atom stereocenters. The molecule has 2 rings (SSSR count). The van der Waals surface area contributed by atoms with Gasteiger partial charge in [0, 0.05) is 26.3 Å². The van der Waals surface area contributed by atoms with Crippen molar-refractivity contribution in [3.05, 3.63) is 24.3 Å². The van der Waals surface area contributed by atoms with Gasteiger partial charge in [0.25, 0.3) is 0 Å². The number of nitrogens with one attached hydrogen (secondary N) is 1. The van der Waals surface area contributed by atoms with Gasteiger partial charge in [0.2, 0.25) is 10.0 Å². The fourth-order valence-electron chi connectivity index (χ4n) is 2.96. The fourth-order valence-corrected chi connectivity index (χ4v) is 3.86. The Morgan fingerprint density at radius 1 is 1.19 bits per heavy atom. The molecule has 1 saturated carbocycles. The van der Waals surface area contributed by atoms with Crippen molar-refractivity contribution in [2.24, 2.45) is 11.8 Å². The zero-order chi connectivity index (χ0) is 15.5. The summed E-state index contributed by atoms with van der Waals surface area (Å²) in [6.45, 7) is 3.30. The minimum absolute atomic E-state index is 0.337. The van der Waals surface area contributed by atoms with Gasteiger partial charge in [-0.25, -0.2) is 12.7 Å². The van der Waals surface area contributed by atoms with Crippen molar-refractivity contribution in [1.29, 1.82) is 0 Å². The molecule has 1 aliphatic rings. The van der Waals surface area contributed by atoms with E-state index in [4.69, 9.17) is 0 Å². The van der Waals surface area contributed by atoms with Crippen LogP contribution in [0.5, 0.6) is 0 Å². The highest BCUT2D eigenvalue weighted by Gasteiger charge is 2.19. The third-order valence-electron chi connectivity index (χ3n) is 4.27. The van der Waals surface area contributed by atoms with Crippen molar-refractivity contribution in [2.45, 2.75) is 37.5 Å². The summed E-state index contributed by atoms with van der Waals surface area (Å²) in [6, 6.07) is 7.04. The molecule has 0 heterocycles. The van der Waals surface area contributed by atoms with Crippen molar-refractivity contribution >= 4 is 15.7 Å². The molecule has 1 fully saturated rings. The number of nitrogens with zero attached hydrogens (tertiary/aromatic N) is 1. The third kappa shape index (κ3) is 4.20. The molecule has 0 spiro atoms. The SMILES string of the molecule is CC1CCCC(CNc2ccc(S(=O)(=O)N(C)C)cc2)C1. The van der Waals surface area contributed by atoms with Gasteiger partial charge >= 0.3 is 0 Å². The summed E-state index contributed by atoms with van der Waals surface area (Å²) in [5, 5.41) is 3.43. The molecule has 2 unspecified atom stereocenters. The van der Waals surface area contributed by atoms with Gasteiger partial charge in [-0.3, -0.25) is 0 Å². The minimum atomic E-state index is -3.33. The van der Waals surface area contributed by atoms with E-state index in [-0.39, 0.29) is 0 Å². The Bertz CT molecular complexity index is 552. The first-order valence-electron chi connectivity index (χ1n) is 7.66. The Balaban J connectivity index is 1.94. The highest BCUT2D eigenvalue weighted by molar-refractivity contribution is 7.89. The lowest BCUT2D eigenvalue weighted by Gasteiger charge is -2.27. The second-order valence-corrected chi connectivity index (χ2v) is 8.48. The van der Waals surface area contributed by atoms with Crippen LogP contribution in [0.3, 0.4) is 0 Å². The van der Waals surface area contributed by atoms with Gasteiger partial charge in [-0.1, -0.05) is 19.8 Å². The summed E-state index contributed by atoms with van der Waals surface area (Å²) in [4.78, 5) is 0.337. The smallest absolute Gasteiger partial charge is 0.242 e. The lowest BCUT2D eigenvalue weighted by molar-refractivity contribution is 0.293. The largest absolute Gasteiger partial charge is 0.385 e. The van der Waals surface area contributed by atoms with E-state index >= 15 is 0 Å². The van der Waals surface area contributed by atoms with Gasteiger partial charge < -0.3 is 5.32 Å². The van der Waals surface area contributed by atoms with Crippen LogP contribution in [0.1, 0.15) is 32.6 Å². The Hall–Kier alpha value is -1.07. The Kier molecular flexibility index (Phi) is 5.27. The summed E-state index contributed by atoms with van der Waals surface area (Å²) >= 11 is 0. The number of rotatable bonds is 5. The summed E-state index contributed by atoms with van der Waals surface area (Å²) < 4.78 is 25.2. The molecule has 0 saturated heterocycles. The quantitative estimate of drug-likeness (QED) is 0.909. The molecular formula is C16H26N2O2S. The Labute approximate surface area is 128 Å². The third-order valence-corrected chi connectivity index (χ3v) is 6.10. The highest BCUT2D eigenvalue weighted by Crippen LogP contribution is 2.28. The van der Waals surface area contributed by atoms with Crippen LogP contribution in [-0.4, -0.2) is 33.4 Å². The summed E-state index contributed by atoms with van der Waals surface area (Å²) in [5.74, 6) is 1.57. The molecule has 1 aromatic rings. The highest BCUT2D eigenvalue weighted by atomic mass is 32.2. The maximum atomic E-state index is 12.0. The van der Waals surface area contributed by atoms with Gasteiger partial charge in [0.05, 0.1) is 4.90 Å². The molecule has 118 valence electrons. The molecule has 0 bridgehead atoms. The van der Waals surface area contributed by atoms with Gasteiger partial charge in [-0.15, -0.1) is 0 Å². The van der Waals surface area contributed by atoms with Gasteiger partial charge in [0.1, 0.15) is 0 Å². The molecule has 21 heavy (non-hydrogen) atoms. The zero-order valence-corrected chi connectivity index (χ0v) is 14.0. The van der Waals surface area contributed by atoms with Crippen molar-refractivity contribution in [3.8, 4) is 0 Å². The number of hydrogen-bond acceptors (Lipinski definition) is 3. The predicted molar refractivity (Wildman–Crippen MR) is 86.9 cm³/mol. The van der Waals surface area contributed by atoms with Crippen LogP contribution >= 0.6 is 0 Å². The molecule has 0 aromatic heterocycles. The normalized spacial score (nSPS) is 23.2. The minimum Gasteiger partial charge on any atom is -0.385 e. The van der Waals surface area contributed by atoms with E-state index in [0.29, 0.717) is 4.90 Å². The molecule has 0 amide bonds. The standard InChI is InChI=1S/C16H26N2O2S/c1-13-5-4-6-14(11-13)12-17-15-7-9-16(10-8-15)21(19,20)18(2)3/h7-10,13-14,17H,4-6,11-12H2,1-3H3. The van der Waals surface area contributed by atoms with E-state index < -0.39 is 10.0 Å². The topological polar surface area (TPSA) is 49.4 Å². The average molecular weight is 310 g/mol. The fraction of sp³-hybridized carbons (Fsp3) is 0.625. The van der Waals surface area contributed by atoms with Crippen molar-refractivity contribution in [3.63, 3.8) is 0 Å². The number of sulfonamides is 1. The first kappa shape index (κ1) is 16.3. The van der Waals surface area contributed by atoms with Gasteiger partial charge in [-0.2, -0.15) is 0 Å². The summed E-state index contributed by atoms with van der Waals surface area (Å²) in [6.07, 6.45) is 5.27. The second-order valence-electron chi connectivity index (χ2n) is 6.33. The second kappa shape index (κ2) is 6.79. The summed E-state index contributed by atoms with van der Waals surface area (Å²) in [7, 11) is -0.236. The van der Waals surface area contributed by atoms with Gasteiger partial charge in [-0.05, 0) is 48.9 Å². The molecule has 1 aromatic carbocycles. The van der Waals surface area contributed by atoms with E-state index in [1.165, 1.54) is 30.0 Å². The van der Waals surface area contributed by atoms with Crippen LogP contribution in [-0.2, 0) is 10.0 Å². The lowest BCUT2D eigenvalue weighted by atomic mass is 9.82. The molecular weight excluding hydrogens is 284 g/mol. The first-order valence-corrected chi connectivity index (χ1v) is 9.10. The molecule has 1 N–H and O–H groups in total. The average Bonchev–Trinajstić information content (AvgIpc) is 2.45. The lowest BCUT2D eigenvalue weighted by Crippen LogP contribution is -2.22. The van der Waals surface area contributed by atoms with Crippen LogP contribution in [0.4, 0.5) is 5.69 Å². The number of benzene rings is 1. The first-order chi connectivity index (χ1) is 9.89. The molecule has 5 heteroatoms. The van der Waals surface area contributed by atoms with Crippen molar-refractivity contribution in [1.82, 2.24) is 4.31 Å². The van der Waals surface area contributed by atoms with E-state index in [0.717, 1.165) is 24.1 Å². The van der Waals surface area contributed by atoms with E-state index in [1.54, 1.807) is 26.2 Å². The van der Waals surface area contributed by atoms with Crippen LogP contribution in [0, 0.1) is 11.8 Å². The number of hydrogen-bond donors (Lipinski definition) is 1. The molecule has 0 radical (unpaired) electrons. The Morgan fingerprint density at radius 3 is 2.43 bits per heavy atom. The van der Waals surface area contributed by atoms with E-state index in [9.17, 15) is 8.42 Å². The molecule has 0 aliphatic heterocycles. The maximum Gasteiger partial charge on any atom is 0.242 e. The Morgan fingerprint density at radius 2 is 1.86 bits per heavy atom. The predicted octanol–water partition coefficient (Wildman–Crippen LogP) is 3.18. The van der Waals surface area contributed by atoms with Crippen LogP contribution in [0.15, 0.2) is 29.2 Å². The maximum absolute atomic E-state index is 12.0. The monoisotopic (exact) mass is 310 g/mol. The van der Waals surface area contributed by atoms with Crippen LogP contribution in [0.2, 0.25) is 0 Å². The molecule has 1 aliphatic carbocycles. The van der Waals surface area contributed by atoms with Crippen molar-refractivity contribution < 1.29 is 8.42 Å². The van der Waals surface area contributed by atoms with Gasteiger partial charge in [0.15, 0.2) is 0 Å². The number of anilines is 1. The van der Waals surface area contributed by atoms with E-state index in [2.05, 4.69) is 12.2 Å². The van der Waals surface area contributed by atoms with Crippen LogP contribution in [0.25, 0.3) is 0 Å². The van der Waals surface area contributed by atoms with E-state index in [1.807, 2.05) is 12.1 Å². The van der Waals surface area contributed by atoms with Crippen LogP contribution < -0.4 is 5.32 Å². The molecule has 4 nitrogen and oxygen atoms in total.